The quantitative estimate of drug-likeness (QED) is 0.894. The lowest BCUT2D eigenvalue weighted by Crippen LogP contribution is -2.06. The van der Waals surface area contributed by atoms with Crippen molar-refractivity contribution in [3.8, 4) is 17.2 Å². The number of hydrogen-bond donors (Lipinski definition) is 1. The summed E-state index contributed by atoms with van der Waals surface area (Å²) in [5.41, 5.74) is 3.32. The van der Waals surface area contributed by atoms with Gasteiger partial charge in [0.05, 0.1) is 7.11 Å². The van der Waals surface area contributed by atoms with Crippen LogP contribution in [0.15, 0.2) is 42.5 Å². The summed E-state index contributed by atoms with van der Waals surface area (Å²) in [6, 6.07) is 11.3. The summed E-state index contributed by atoms with van der Waals surface area (Å²) < 4.78 is 11.7. The number of methoxy groups -OCH3 is 1. The highest BCUT2D eigenvalue weighted by molar-refractivity contribution is 5.62. The second-order valence-electron chi connectivity index (χ2n) is 5.56. The molecule has 0 saturated carbocycles. The molecule has 114 valence electrons. The van der Waals surface area contributed by atoms with Crippen molar-refractivity contribution in [3.05, 3.63) is 59.2 Å². The first-order chi connectivity index (χ1) is 10.6. The third-order valence-corrected chi connectivity index (χ3v) is 4.10. The minimum atomic E-state index is -0.0645. The van der Waals surface area contributed by atoms with Crippen LogP contribution in [0.2, 0.25) is 0 Å². The van der Waals surface area contributed by atoms with E-state index in [1.165, 1.54) is 0 Å². The Morgan fingerprint density at radius 3 is 2.55 bits per heavy atom. The van der Waals surface area contributed by atoms with Gasteiger partial charge in [0.15, 0.2) is 11.5 Å². The van der Waals surface area contributed by atoms with Crippen LogP contribution in [0, 0.1) is 0 Å². The van der Waals surface area contributed by atoms with Crippen LogP contribution in [0.3, 0.4) is 0 Å². The summed E-state index contributed by atoms with van der Waals surface area (Å²) >= 11 is 0. The van der Waals surface area contributed by atoms with E-state index in [1.807, 2.05) is 31.2 Å². The first-order valence-electron chi connectivity index (χ1n) is 7.44. The van der Waals surface area contributed by atoms with Gasteiger partial charge in [-0.3, -0.25) is 0 Å². The molecule has 0 radical (unpaired) electrons. The molecule has 0 amide bonds. The molecule has 1 aliphatic heterocycles. The van der Waals surface area contributed by atoms with Crippen LogP contribution in [-0.2, 0) is 0 Å². The number of aromatic hydroxyl groups is 1. The van der Waals surface area contributed by atoms with Gasteiger partial charge in [0.25, 0.3) is 0 Å². The smallest absolute Gasteiger partial charge is 0.165 e. The van der Waals surface area contributed by atoms with Crippen molar-refractivity contribution in [2.75, 3.05) is 7.11 Å². The zero-order valence-corrected chi connectivity index (χ0v) is 13.0. The minimum Gasteiger partial charge on any atom is -0.508 e. The molecule has 3 heteroatoms. The van der Waals surface area contributed by atoms with E-state index in [0.29, 0.717) is 0 Å². The third kappa shape index (κ3) is 2.43. The van der Waals surface area contributed by atoms with Crippen LogP contribution in [0.25, 0.3) is 6.08 Å². The van der Waals surface area contributed by atoms with E-state index in [9.17, 15) is 5.11 Å². The Morgan fingerprint density at radius 2 is 1.91 bits per heavy atom. The Labute approximate surface area is 130 Å². The summed E-state index contributed by atoms with van der Waals surface area (Å²) in [4.78, 5) is 0. The predicted molar refractivity (Wildman–Crippen MR) is 87.6 cm³/mol. The van der Waals surface area contributed by atoms with Gasteiger partial charge in [-0.25, -0.2) is 0 Å². The van der Waals surface area contributed by atoms with E-state index in [2.05, 4.69) is 19.1 Å². The fourth-order valence-electron chi connectivity index (χ4n) is 2.96. The van der Waals surface area contributed by atoms with Crippen LogP contribution in [0.1, 0.15) is 42.6 Å². The van der Waals surface area contributed by atoms with Crippen molar-refractivity contribution in [2.45, 2.75) is 25.9 Å². The molecule has 3 rings (SSSR count). The average molecular weight is 296 g/mol. The SMILES string of the molecule is CC=Cc1cc(OC)c2c(c1)[C@@H](C)[C@H](c1ccc(O)cc1)O2. The molecule has 0 aromatic heterocycles. The molecule has 0 saturated heterocycles. The van der Waals surface area contributed by atoms with Crippen LogP contribution in [-0.4, -0.2) is 12.2 Å². The van der Waals surface area contributed by atoms with Gasteiger partial charge < -0.3 is 14.6 Å². The van der Waals surface area contributed by atoms with Crippen LogP contribution in [0.5, 0.6) is 17.2 Å². The van der Waals surface area contributed by atoms with Gasteiger partial charge in [-0.05, 0) is 42.3 Å². The standard InChI is InChI=1S/C19H20O3/c1-4-5-13-10-16-12(2)18(14-6-8-15(20)9-7-14)22-19(16)17(11-13)21-3/h4-12,18,20H,1-3H3/t12-,18-/m1/s1. The molecular formula is C19H20O3. The molecule has 0 spiro atoms. The molecule has 0 bridgehead atoms. The summed E-state index contributed by atoms with van der Waals surface area (Å²) in [6.45, 7) is 4.15. The average Bonchev–Trinajstić information content (AvgIpc) is 2.85. The van der Waals surface area contributed by atoms with E-state index in [4.69, 9.17) is 9.47 Å². The van der Waals surface area contributed by atoms with Gasteiger partial charge in [-0.1, -0.05) is 31.2 Å². The maximum Gasteiger partial charge on any atom is 0.165 e. The first-order valence-corrected chi connectivity index (χ1v) is 7.44. The second kappa shape index (κ2) is 5.76. The lowest BCUT2D eigenvalue weighted by molar-refractivity contribution is 0.208. The van der Waals surface area contributed by atoms with Crippen molar-refractivity contribution >= 4 is 6.08 Å². The largest absolute Gasteiger partial charge is 0.508 e. The predicted octanol–water partition coefficient (Wildman–Crippen LogP) is 4.67. The zero-order chi connectivity index (χ0) is 15.7. The Morgan fingerprint density at radius 1 is 1.18 bits per heavy atom. The fourth-order valence-corrected chi connectivity index (χ4v) is 2.96. The van der Waals surface area contributed by atoms with Crippen LogP contribution in [0.4, 0.5) is 0 Å². The number of phenols is 1. The highest BCUT2D eigenvalue weighted by atomic mass is 16.5. The van der Waals surface area contributed by atoms with Crippen molar-refractivity contribution < 1.29 is 14.6 Å². The number of phenolic OH excluding ortho intramolecular Hbond substituents is 1. The maximum atomic E-state index is 9.45. The van der Waals surface area contributed by atoms with E-state index in [0.717, 1.165) is 28.2 Å². The number of fused-ring (bicyclic) bond motifs is 1. The molecule has 0 fully saturated rings. The zero-order valence-electron chi connectivity index (χ0n) is 13.0. The minimum absolute atomic E-state index is 0.0645. The number of benzene rings is 2. The number of allylic oxidation sites excluding steroid dienone is 1. The van der Waals surface area contributed by atoms with Gasteiger partial charge in [-0.2, -0.15) is 0 Å². The van der Waals surface area contributed by atoms with Crippen molar-refractivity contribution in [2.24, 2.45) is 0 Å². The van der Waals surface area contributed by atoms with Crippen LogP contribution >= 0.6 is 0 Å². The highest BCUT2D eigenvalue weighted by Gasteiger charge is 2.34. The second-order valence-corrected chi connectivity index (χ2v) is 5.56. The van der Waals surface area contributed by atoms with Crippen molar-refractivity contribution in [1.29, 1.82) is 0 Å². The summed E-state index contributed by atoms with van der Waals surface area (Å²) in [6.07, 6.45) is 4.01. The van der Waals surface area contributed by atoms with E-state index in [1.54, 1.807) is 19.2 Å². The van der Waals surface area contributed by atoms with E-state index in [-0.39, 0.29) is 17.8 Å². The highest BCUT2D eigenvalue weighted by Crippen LogP contribution is 2.50. The van der Waals surface area contributed by atoms with Gasteiger partial charge in [0.2, 0.25) is 0 Å². The third-order valence-electron chi connectivity index (χ3n) is 4.10. The summed E-state index contributed by atoms with van der Waals surface area (Å²) in [5, 5.41) is 9.45. The Bertz CT molecular complexity index is 701. The van der Waals surface area contributed by atoms with E-state index >= 15 is 0 Å². The molecule has 2 atom stereocenters. The molecule has 0 aliphatic carbocycles. The summed E-state index contributed by atoms with van der Waals surface area (Å²) in [5.74, 6) is 2.07. The van der Waals surface area contributed by atoms with Gasteiger partial charge in [0.1, 0.15) is 11.9 Å². The Hall–Kier alpha value is -2.42. The molecule has 1 aliphatic rings. The molecule has 2 aromatic rings. The number of hydrogen-bond acceptors (Lipinski definition) is 3. The molecule has 3 nitrogen and oxygen atoms in total. The lowest BCUT2D eigenvalue weighted by atomic mass is 9.91. The molecule has 1 heterocycles. The monoisotopic (exact) mass is 296 g/mol. The fraction of sp³-hybridized carbons (Fsp3) is 0.263. The Balaban J connectivity index is 2.02. The molecule has 1 N–H and O–H groups in total. The lowest BCUT2D eigenvalue weighted by Gasteiger charge is -2.16. The normalized spacial score (nSPS) is 20.0. The van der Waals surface area contributed by atoms with Gasteiger partial charge in [0, 0.05) is 11.5 Å². The maximum absolute atomic E-state index is 9.45. The number of rotatable bonds is 3. The van der Waals surface area contributed by atoms with Gasteiger partial charge in [-0.15, -0.1) is 0 Å². The molecule has 0 unspecified atom stereocenters. The molecule has 22 heavy (non-hydrogen) atoms. The Kier molecular flexibility index (Phi) is 3.80. The van der Waals surface area contributed by atoms with E-state index < -0.39 is 0 Å². The van der Waals surface area contributed by atoms with Crippen LogP contribution < -0.4 is 9.47 Å². The van der Waals surface area contributed by atoms with Crippen molar-refractivity contribution in [3.63, 3.8) is 0 Å². The molecular weight excluding hydrogens is 276 g/mol. The van der Waals surface area contributed by atoms with Gasteiger partial charge >= 0.3 is 0 Å². The number of ether oxygens (including phenoxy) is 2. The topological polar surface area (TPSA) is 38.7 Å². The summed E-state index contributed by atoms with van der Waals surface area (Å²) in [7, 11) is 1.66. The first kappa shape index (κ1) is 14.5. The van der Waals surface area contributed by atoms with Crippen molar-refractivity contribution in [1.82, 2.24) is 0 Å². The molecule has 2 aromatic carbocycles.